The first-order valence-electron chi connectivity index (χ1n) is 5.85. The summed E-state index contributed by atoms with van der Waals surface area (Å²) in [6.45, 7) is 3.17. The van der Waals surface area contributed by atoms with Gasteiger partial charge in [0, 0.05) is 16.1 Å². The molecule has 1 saturated heterocycles. The second kappa shape index (κ2) is 4.72. The summed E-state index contributed by atoms with van der Waals surface area (Å²) < 4.78 is 13.7. The topological polar surface area (TPSA) is 12.0 Å². The van der Waals surface area contributed by atoms with Crippen LogP contribution in [0.25, 0.3) is 0 Å². The van der Waals surface area contributed by atoms with Crippen LogP contribution >= 0.6 is 11.6 Å². The molecule has 0 aromatic heterocycles. The van der Waals surface area contributed by atoms with Gasteiger partial charge in [-0.25, -0.2) is 4.39 Å². The molecule has 16 heavy (non-hydrogen) atoms. The molecule has 1 atom stereocenters. The van der Waals surface area contributed by atoms with Crippen LogP contribution < -0.4 is 5.32 Å². The Morgan fingerprint density at radius 2 is 2.31 bits per heavy atom. The van der Waals surface area contributed by atoms with E-state index < -0.39 is 0 Å². The van der Waals surface area contributed by atoms with Gasteiger partial charge < -0.3 is 5.32 Å². The number of benzene rings is 1. The van der Waals surface area contributed by atoms with Gasteiger partial charge in [0.1, 0.15) is 5.82 Å². The van der Waals surface area contributed by atoms with E-state index in [1.165, 1.54) is 12.5 Å². The van der Waals surface area contributed by atoms with E-state index in [9.17, 15) is 4.39 Å². The molecule has 1 aliphatic heterocycles. The minimum Gasteiger partial charge on any atom is -0.311 e. The molecule has 1 aromatic rings. The molecule has 0 radical (unpaired) electrons. The van der Waals surface area contributed by atoms with Crippen molar-refractivity contribution in [3.63, 3.8) is 0 Å². The van der Waals surface area contributed by atoms with Crippen LogP contribution in [0.15, 0.2) is 18.2 Å². The van der Waals surface area contributed by atoms with Crippen LogP contribution in [0, 0.1) is 5.82 Å². The molecule has 1 unspecified atom stereocenters. The number of rotatable bonds is 3. The largest absolute Gasteiger partial charge is 0.311 e. The van der Waals surface area contributed by atoms with Crippen molar-refractivity contribution in [3.8, 4) is 0 Å². The maximum Gasteiger partial charge on any atom is 0.127 e. The van der Waals surface area contributed by atoms with Crippen LogP contribution in [0.4, 0.5) is 4.39 Å². The van der Waals surface area contributed by atoms with Gasteiger partial charge in [0.05, 0.1) is 0 Å². The molecule has 1 nitrogen and oxygen atoms in total. The average Bonchev–Trinajstić information content (AvgIpc) is 2.73. The zero-order chi connectivity index (χ0) is 11.6. The minimum absolute atomic E-state index is 0.0475. The molecule has 0 bridgehead atoms. The van der Waals surface area contributed by atoms with Gasteiger partial charge in [-0.2, -0.15) is 0 Å². The molecule has 0 spiro atoms. The first-order valence-corrected chi connectivity index (χ1v) is 6.22. The van der Waals surface area contributed by atoms with E-state index in [0.29, 0.717) is 17.0 Å². The molecule has 0 amide bonds. The molecule has 88 valence electrons. The zero-order valence-electron chi connectivity index (χ0n) is 9.52. The van der Waals surface area contributed by atoms with E-state index in [1.54, 1.807) is 12.1 Å². The fraction of sp³-hybridized carbons (Fsp3) is 0.538. The molecular weight excluding hydrogens is 225 g/mol. The van der Waals surface area contributed by atoms with Crippen LogP contribution in [0.2, 0.25) is 5.02 Å². The van der Waals surface area contributed by atoms with Gasteiger partial charge in [0.25, 0.3) is 0 Å². The van der Waals surface area contributed by atoms with Crippen LogP contribution in [0.1, 0.15) is 31.7 Å². The summed E-state index contributed by atoms with van der Waals surface area (Å²) in [7, 11) is 0. The second-order valence-corrected chi connectivity index (χ2v) is 4.95. The van der Waals surface area contributed by atoms with Gasteiger partial charge in [-0.1, -0.05) is 24.6 Å². The van der Waals surface area contributed by atoms with Crippen LogP contribution in [-0.4, -0.2) is 12.1 Å². The lowest BCUT2D eigenvalue weighted by Crippen LogP contribution is -2.41. The van der Waals surface area contributed by atoms with Crippen LogP contribution in [0.5, 0.6) is 0 Å². The van der Waals surface area contributed by atoms with Gasteiger partial charge in [-0.15, -0.1) is 0 Å². The Morgan fingerprint density at radius 3 is 2.88 bits per heavy atom. The molecule has 0 saturated carbocycles. The van der Waals surface area contributed by atoms with Crippen molar-refractivity contribution in [2.75, 3.05) is 6.54 Å². The Kier molecular flexibility index (Phi) is 3.50. The van der Waals surface area contributed by atoms with E-state index in [0.717, 1.165) is 19.4 Å². The standard InChI is InChI=1S/C13H17ClFN/c1-2-13(7-4-8-16-13)9-10-11(14)5-3-6-12(10)15/h3,5-6,16H,2,4,7-9H2,1H3. The summed E-state index contributed by atoms with van der Waals surface area (Å²) in [6, 6.07) is 4.90. The van der Waals surface area contributed by atoms with Crippen molar-refractivity contribution in [2.24, 2.45) is 0 Å². The maximum absolute atomic E-state index is 13.7. The fourth-order valence-corrected chi connectivity index (χ4v) is 2.72. The first-order chi connectivity index (χ1) is 7.67. The van der Waals surface area contributed by atoms with Gasteiger partial charge in [0.2, 0.25) is 0 Å². The Morgan fingerprint density at radius 1 is 1.50 bits per heavy atom. The third kappa shape index (κ3) is 2.23. The summed E-state index contributed by atoms with van der Waals surface area (Å²) in [5.74, 6) is -0.186. The second-order valence-electron chi connectivity index (χ2n) is 4.54. The quantitative estimate of drug-likeness (QED) is 0.854. The van der Waals surface area contributed by atoms with Gasteiger partial charge in [-0.3, -0.25) is 0 Å². The fourth-order valence-electron chi connectivity index (χ4n) is 2.49. The third-order valence-electron chi connectivity index (χ3n) is 3.59. The smallest absolute Gasteiger partial charge is 0.127 e. The summed E-state index contributed by atoms with van der Waals surface area (Å²) in [5.41, 5.74) is 0.701. The van der Waals surface area contributed by atoms with Gasteiger partial charge in [0.15, 0.2) is 0 Å². The van der Waals surface area contributed by atoms with Gasteiger partial charge in [-0.05, 0) is 44.4 Å². The molecule has 3 heteroatoms. The molecule has 1 N–H and O–H groups in total. The number of nitrogens with one attached hydrogen (secondary N) is 1. The minimum atomic E-state index is -0.186. The van der Waals surface area contributed by atoms with E-state index in [1.807, 2.05) is 0 Å². The highest BCUT2D eigenvalue weighted by Crippen LogP contribution is 2.31. The molecule has 0 aliphatic carbocycles. The number of hydrogen-bond acceptors (Lipinski definition) is 1. The lowest BCUT2D eigenvalue weighted by atomic mass is 9.86. The average molecular weight is 242 g/mol. The SMILES string of the molecule is CCC1(Cc2c(F)cccc2Cl)CCCN1. The Labute approximate surface area is 101 Å². The lowest BCUT2D eigenvalue weighted by Gasteiger charge is -2.28. The Bertz CT molecular complexity index is 352. The zero-order valence-corrected chi connectivity index (χ0v) is 10.3. The molecule has 1 heterocycles. The van der Waals surface area contributed by atoms with E-state index >= 15 is 0 Å². The van der Waals surface area contributed by atoms with Crippen LogP contribution in [-0.2, 0) is 6.42 Å². The highest BCUT2D eigenvalue weighted by molar-refractivity contribution is 6.31. The molecule has 1 fully saturated rings. The Balaban J connectivity index is 2.25. The predicted octanol–water partition coefficient (Wildman–Crippen LogP) is 3.55. The third-order valence-corrected chi connectivity index (χ3v) is 3.94. The summed E-state index contributed by atoms with van der Waals surface area (Å²) >= 11 is 6.06. The van der Waals surface area contributed by atoms with Crippen molar-refractivity contribution in [3.05, 3.63) is 34.6 Å². The van der Waals surface area contributed by atoms with Crippen molar-refractivity contribution in [1.82, 2.24) is 5.32 Å². The van der Waals surface area contributed by atoms with Crippen LogP contribution in [0.3, 0.4) is 0 Å². The Hall–Kier alpha value is -0.600. The highest BCUT2D eigenvalue weighted by atomic mass is 35.5. The molecule has 1 aromatic carbocycles. The van der Waals surface area contributed by atoms with E-state index in [2.05, 4.69) is 12.2 Å². The normalized spacial score (nSPS) is 24.9. The summed E-state index contributed by atoms with van der Waals surface area (Å²) in [6.07, 6.45) is 3.97. The monoisotopic (exact) mass is 241 g/mol. The van der Waals surface area contributed by atoms with E-state index in [-0.39, 0.29) is 11.4 Å². The van der Waals surface area contributed by atoms with Crippen molar-refractivity contribution in [1.29, 1.82) is 0 Å². The summed E-state index contributed by atoms with van der Waals surface area (Å²) in [5, 5.41) is 4.04. The molecule has 2 rings (SSSR count). The van der Waals surface area contributed by atoms with E-state index in [4.69, 9.17) is 11.6 Å². The van der Waals surface area contributed by atoms with Crippen molar-refractivity contribution >= 4 is 11.6 Å². The number of hydrogen-bond donors (Lipinski definition) is 1. The van der Waals surface area contributed by atoms with Crippen molar-refractivity contribution in [2.45, 2.75) is 38.1 Å². The molecular formula is C13H17ClFN. The highest BCUT2D eigenvalue weighted by Gasteiger charge is 2.32. The molecule has 1 aliphatic rings. The summed E-state index contributed by atoms with van der Waals surface area (Å²) in [4.78, 5) is 0. The van der Waals surface area contributed by atoms with Crippen molar-refractivity contribution < 1.29 is 4.39 Å². The lowest BCUT2D eigenvalue weighted by molar-refractivity contribution is 0.355. The van der Waals surface area contributed by atoms with Gasteiger partial charge >= 0.3 is 0 Å². The number of halogens is 2. The predicted molar refractivity (Wildman–Crippen MR) is 65.4 cm³/mol. The first kappa shape index (κ1) is 11.9. The maximum atomic E-state index is 13.7.